The molecule has 1 heterocycles. The molecule has 0 bridgehead atoms. The van der Waals surface area contributed by atoms with E-state index in [1.165, 1.54) is 25.1 Å². The molecule has 0 saturated carbocycles. The third kappa shape index (κ3) is 6.13. The van der Waals surface area contributed by atoms with Crippen molar-refractivity contribution in [3.8, 4) is 0 Å². The Balaban J connectivity index is 1.79. The third-order valence-electron chi connectivity index (χ3n) is 4.48. The third-order valence-corrected chi connectivity index (χ3v) is 4.48. The van der Waals surface area contributed by atoms with Crippen LogP contribution >= 0.6 is 0 Å². The molecule has 2 amide bonds. The van der Waals surface area contributed by atoms with Crippen molar-refractivity contribution in [1.29, 1.82) is 0 Å². The van der Waals surface area contributed by atoms with Crippen LogP contribution in [0.4, 0.5) is 4.79 Å². The molecule has 1 aromatic rings. The number of aliphatic hydroxyl groups is 1. The lowest BCUT2D eigenvalue weighted by Gasteiger charge is -2.35. The Labute approximate surface area is 145 Å². The fourth-order valence-electron chi connectivity index (χ4n) is 3.44. The topological polar surface area (TPSA) is 64.6 Å². The Kier molecular flexibility index (Phi) is 7.06. The van der Waals surface area contributed by atoms with Gasteiger partial charge in [-0.25, -0.2) is 4.79 Å². The van der Waals surface area contributed by atoms with Crippen LogP contribution in [0.3, 0.4) is 0 Å². The van der Waals surface area contributed by atoms with Gasteiger partial charge in [0.05, 0.1) is 12.6 Å². The van der Waals surface area contributed by atoms with E-state index in [0.717, 1.165) is 23.9 Å². The molecular weight excluding hydrogens is 302 g/mol. The molecule has 0 radical (unpaired) electrons. The van der Waals surface area contributed by atoms with Crippen LogP contribution in [0.15, 0.2) is 24.3 Å². The van der Waals surface area contributed by atoms with Gasteiger partial charge >= 0.3 is 6.03 Å². The molecule has 3 N–H and O–H groups in total. The van der Waals surface area contributed by atoms with Crippen LogP contribution < -0.4 is 10.6 Å². The first-order valence-electron chi connectivity index (χ1n) is 8.91. The summed E-state index contributed by atoms with van der Waals surface area (Å²) < 4.78 is 0. The largest absolute Gasteiger partial charge is 0.394 e. The number of hydrogen-bond donors (Lipinski definition) is 3. The second-order valence-corrected chi connectivity index (χ2v) is 7.37. The normalized spacial score (nSPS) is 22.8. The number of nitrogens with zero attached hydrogens (tertiary/aromatic N) is 1. The minimum Gasteiger partial charge on any atom is -0.394 e. The van der Waals surface area contributed by atoms with Gasteiger partial charge in [-0.15, -0.1) is 0 Å². The van der Waals surface area contributed by atoms with Crippen molar-refractivity contribution in [3.05, 3.63) is 35.4 Å². The number of carbonyl (C=O) groups excluding carboxylic acids is 1. The molecule has 134 valence electrons. The fourth-order valence-corrected chi connectivity index (χ4v) is 3.44. The molecule has 3 atom stereocenters. The molecule has 0 aromatic heterocycles. The van der Waals surface area contributed by atoms with E-state index in [1.54, 1.807) is 6.92 Å². The van der Waals surface area contributed by atoms with Crippen LogP contribution in [0.2, 0.25) is 0 Å². The predicted molar refractivity (Wildman–Crippen MR) is 96.6 cm³/mol. The Morgan fingerprint density at radius 1 is 1.21 bits per heavy atom. The van der Waals surface area contributed by atoms with E-state index in [1.807, 2.05) is 0 Å². The highest BCUT2D eigenvalue weighted by molar-refractivity contribution is 5.74. The van der Waals surface area contributed by atoms with E-state index in [4.69, 9.17) is 5.11 Å². The quantitative estimate of drug-likeness (QED) is 0.749. The Morgan fingerprint density at radius 2 is 1.79 bits per heavy atom. The number of rotatable bonds is 6. The highest BCUT2D eigenvalue weighted by Gasteiger charge is 2.21. The number of amides is 2. The maximum absolute atomic E-state index is 11.6. The fraction of sp³-hybridized carbons (Fsp3) is 0.632. The molecule has 1 aliphatic heterocycles. The van der Waals surface area contributed by atoms with Gasteiger partial charge in [-0.3, -0.25) is 4.90 Å². The van der Waals surface area contributed by atoms with Crippen molar-refractivity contribution < 1.29 is 9.90 Å². The summed E-state index contributed by atoms with van der Waals surface area (Å²) in [6.45, 7) is 10.2. The van der Waals surface area contributed by atoms with E-state index in [-0.39, 0.29) is 18.7 Å². The average molecular weight is 333 g/mol. The van der Waals surface area contributed by atoms with Crippen LogP contribution in [0, 0.1) is 11.8 Å². The lowest BCUT2D eigenvalue weighted by molar-refractivity contribution is 0.134. The molecule has 5 nitrogen and oxygen atoms in total. The minimum atomic E-state index is -0.253. The first kappa shape index (κ1) is 18.7. The number of hydrogen-bond acceptors (Lipinski definition) is 3. The van der Waals surface area contributed by atoms with Gasteiger partial charge in [0.15, 0.2) is 0 Å². The highest BCUT2D eigenvalue weighted by Crippen LogP contribution is 2.22. The monoisotopic (exact) mass is 333 g/mol. The minimum absolute atomic E-state index is 0.0597. The molecule has 0 spiro atoms. The predicted octanol–water partition coefficient (Wildman–Crippen LogP) is 2.34. The molecule has 5 heteroatoms. The number of benzene rings is 1. The number of nitrogens with one attached hydrogen (secondary N) is 2. The van der Waals surface area contributed by atoms with Crippen molar-refractivity contribution in [2.75, 3.05) is 19.7 Å². The van der Waals surface area contributed by atoms with Crippen molar-refractivity contribution in [3.63, 3.8) is 0 Å². The van der Waals surface area contributed by atoms with Gasteiger partial charge in [-0.05, 0) is 36.3 Å². The molecule has 1 fully saturated rings. The van der Waals surface area contributed by atoms with Crippen LogP contribution in [0.5, 0.6) is 0 Å². The zero-order valence-corrected chi connectivity index (χ0v) is 15.1. The van der Waals surface area contributed by atoms with Crippen molar-refractivity contribution in [2.24, 2.45) is 11.8 Å². The maximum atomic E-state index is 11.6. The molecule has 3 unspecified atom stereocenters. The summed E-state index contributed by atoms with van der Waals surface area (Å²) in [6.07, 6.45) is 1.33. The summed E-state index contributed by atoms with van der Waals surface area (Å²) in [7, 11) is 0. The first-order valence-corrected chi connectivity index (χ1v) is 8.91. The van der Waals surface area contributed by atoms with E-state index in [2.05, 4.69) is 53.6 Å². The summed E-state index contributed by atoms with van der Waals surface area (Å²) in [6, 6.07) is 7.95. The highest BCUT2D eigenvalue weighted by atomic mass is 16.3. The number of piperidine rings is 1. The first-order chi connectivity index (χ1) is 11.5. The van der Waals surface area contributed by atoms with Gasteiger partial charge in [0.1, 0.15) is 0 Å². The van der Waals surface area contributed by atoms with E-state index >= 15 is 0 Å². The van der Waals surface area contributed by atoms with E-state index < -0.39 is 0 Å². The van der Waals surface area contributed by atoms with Crippen LogP contribution in [0.1, 0.15) is 38.3 Å². The van der Waals surface area contributed by atoms with Gasteiger partial charge in [-0.2, -0.15) is 0 Å². The Hall–Kier alpha value is -1.59. The van der Waals surface area contributed by atoms with Gasteiger partial charge < -0.3 is 15.7 Å². The number of likely N-dealkylation sites (tertiary alicyclic amines) is 1. The molecule has 24 heavy (non-hydrogen) atoms. The molecule has 0 aliphatic carbocycles. The SMILES string of the molecule is CC1CC(C)CN(Cc2ccc(CNC(=O)NC(C)CO)cc2)C1. The second kappa shape index (κ2) is 9.04. The number of urea groups is 1. The lowest BCUT2D eigenvalue weighted by atomic mass is 9.91. The Morgan fingerprint density at radius 3 is 2.38 bits per heavy atom. The van der Waals surface area contributed by atoms with Gasteiger partial charge in [0.2, 0.25) is 0 Å². The molecule has 1 aliphatic rings. The van der Waals surface area contributed by atoms with Crippen molar-refractivity contribution >= 4 is 6.03 Å². The lowest BCUT2D eigenvalue weighted by Crippen LogP contribution is -2.41. The summed E-state index contributed by atoms with van der Waals surface area (Å²) in [5, 5.41) is 14.4. The summed E-state index contributed by atoms with van der Waals surface area (Å²) in [5.41, 5.74) is 2.39. The molecule has 1 aromatic carbocycles. The van der Waals surface area contributed by atoms with E-state index in [0.29, 0.717) is 6.54 Å². The zero-order chi connectivity index (χ0) is 17.5. The van der Waals surface area contributed by atoms with Crippen molar-refractivity contribution in [2.45, 2.75) is 46.3 Å². The maximum Gasteiger partial charge on any atom is 0.315 e. The smallest absolute Gasteiger partial charge is 0.315 e. The summed E-state index contributed by atoms with van der Waals surface area (Å²) >= 11 is 0. The number of carbonyl (C=O) groups is 1. The Bertz CT molecular complexity index is 508. The molecule has 1 saturated heterocycles. The van der Waals surface area contributed by atoms with Gasteiger partial charge in [0.25, 0.3) is 0 Å². The van der Waals surface area contributed by atoms with Crippen LogP contribution in [-0.2, 0) is 13.1 Å². The average Bonchev–Trinajstić information content (AvgIpc) is 2.53. The molecular formula is C19H31N3O2. The van der Waals surface area contributed by atoms with Gasteiger partial charge in [0, 0.05) is 26.2 Å². The summed E-state index contributed by atoms with van der Waals surface area (Å²) in [5.74, 6) is 1.55. The van der Waals surface area contributed by atoms with Crippen LogP contribution in [-0.4, -0.2) is 41.8 Å². The number of aliphatic hydroxyl groups excluding tert-OH is 1. The molecule has 2 rings (SSSR count). The standard InChI is InChI=1S/C19H31N3O2/c1-14-8-15(2)11-22(10-14)12-18-6-4-17(5-7-18)9-20-19(24)21-16(3)13-23/h4-7,14-16,23H,8-13H2,1-3H3,(H2,20,21,24). The van der Waals surface area contributed by atoms with E-state index in [9.17, 15) is 4.79 Å². The van der Waals surface area contributed by atoms with Crippen LogP contribution in [0.25, 0.3) is 0 Å². The second-order valence-electron chi connectivity index (χ2n) is 7.37. The van der Waals surface area contributed by atoms with Gasteiger partial charge in [-0.1, -0.05) is 38.1 Å². The van der Waals surface area contributed by atoms with Crippen molar-refractivity contribution in [1.82, 2.24) is 15.5 Å². The summed E-state index contributed by atoms with van der Waals surface area (Å²) in [4.78, 5) is 14.2. The zero-order valence-electron chi connectivity index (χ0n) is 15.1.